The lowest BCUT2D eigenvalue weighted by molar-refractivity contribution is 0.0875. The number of methoxy groups -OCH3 is 2. The number of benzene rings is 1. The van der Waals surface area contributed by atoms with Crippen LogP contribution in [0.1, 0.15) is 51.7 Å². The maximum absolute atomic E-state index is 5.64. The Balaban J connectivity index is 2.59. The molecule has 0 aliphatic carbocycles. The first kappa shape index (κ1) is 22.3. The average molecular weight is 363 g/mol. The predicted molar refractivity (Wildman–Crippen MR) is 108 cm³/mol. The van der Waals surface area contributed by atoms with Gasteiger partial charge in [0.25, 0.3) is 0 Å². The van der Waals surface area contributed by atoms with Crippen LogP contribution >= 0.6 is 0 Å². The summed E-state index contributed by atoms with van der Waals surface area (Å²) >= 11 is 0. The zero-order chi connectivity index (χ0) is 19.4. The first-order valence-electron chi connectivity index (χ1n) is 9.21. The molecular formula is C22H34O4. The van der Waals surface area contributed by atoms with Gasteiger partial charge in [-0.2, -0.15) is 0 Å². The Labute approximate surface area is 158 Å². The van der Waals surface area contributed by atoms with Crippen molar-refractivity contribution in [3.63, 3.8) is 0 Å². The predicted octanol–water partition coefficient (Wildman–Crippen LogP) is 5.29. The summed E-state index contributed by atoms with van der Waals surface area (Å²) in [6.45, 7) is 9.49. The van der Waals surface area contributed by atoms with Gasteiger partial charge in [0.1, 0.15) is 0 Å². The molecule has 0 saturated heterocycles. The van der Waals surface area contributed by atoms with Crippen molar-refractivity contribution in [3.8, 4) is 0 Å². The molecule has 0 N–H and O–H groups in total. The third-order valence-corrected chi connectivity index (χ3v) is 4.38. The highest BCUT2D eigenvalue weighted by molar-refractivity contribution is 5.70. The van der Waals surface area contributed by atoms with Crippen LogP contribution in [0, 0.1) is 0 Å². The first-order chi connectivity index (χ1) is 12.5. The van der Waals surface area contributed by atoms with E-state index in [4.69, 9.17) is 18.9 Å². The molecule has 1 aromatic carbocycles. The normalized spacial score (nSPS) is 14.8. The highest BCUT2D eigenvalue weighted by Gasteiger charge is 2.03. The zero-order valence-corrected chi connectivity index (χ0v) is 17.1. The van der Waals surface area contributed by atoms with Crippen LogP contribution in [-0.4, -0.2) is 39.6 Å². The first-order valence-corrected chi connectivity index (χ1v) is 9.21. The molecule has 1 aromatic rings. The Morgan fingerprint density at radius 2 is 1.27 bits per heavy atom. The van der Waals surface area contributed by atoms with Crippen LogP contribution in [-0.2, 0) is 18.9 Å². The molecule has 0 aliphatic rings. The van der Waals surface area contributed by atoms with Gasteiger partial charge in [-0.1, -0.05) is 18.2 Å². The van der Waals surface area contributed by atoms with Gasteiger partial charge in [-0.05, 0) is 56.0 Å². The Morgan fingerprint density at radius 1 is 0.846 bits per heavy atom. The highest BCUT2D eigenvalue weighted by Crippen LogP contribution is 2.20. The molecule has 1 rings (SSSR count). The van der Waals surface area contributed by atoms with Crippen LogP contribution in [0.3, 0.4) is 0 Å². The molecule has 0 bridgehead atoms. The van der Waals surface area contributed by atoms with Crippen molar-refractivity contribution in [3.05, 3.63) is 47.9 Å². The number of ether oxygens (including phenoxy) is 4. The van der Waals surface area contributed by atoms with E-state index in [2.05, 4.69) is 38.1 Å². The van der Waals surface area contributed by atoms with E-state index < -0.39 is 0 Å². The van der Waals surface area contributed by atoms with Crippen LogP contribution in [0.25, 0.3) is 11.1 Å². The molecule has 4 heteroatoms. The average Bonchev–Trinajstić information content (AvgIpc) is 2.67. The molecule has 0 aromatic heterocycles. The Morgan fingerprint density at radius 3 is 1.65 bits per heavy atom. The second kappa shape index (κ2) is 12.6. The Bertz CT molecular complexity index is 530. The largest absolute Gasteiger partial charge is 0.501 e. The molecule has 26 heavy (non-hydrogen) atoms. The number of rotatable bonds is 12. The van der Waals surface area contributed by atoms with E-state index in [1.54, 1.807) is 14.2 Å². The van der Waals surface area contributed by atoms with E-state index in [1.807, 2.05) is 26.4 Å². The summed E-state index contributed by atoms with van der Waals surface area (Å²) < 4.78 is 21.7. The van der Waals surface area contributed by atoms with E-state index in [9.17, 15) is 0 Å². The van der Waals surface area contributed by atoms with Crippen molar-refractivity contribution >= 4 is 11.1 Å². The summed E-state index contributed by atoms with van der Waals surface area (Å²) in [5.41, 5.74) is 4.48. The van der Waals surface area contributed by atoms with Crippen LogP contribution in [0.5, 0.6) is 0 Å². The quantitative estimate of drug-likeness (QED) is 0.374. The molecule has 146 valence electrons. The van der Waals surface area contributed by atoms with Gasteiger partial charge in [0.15, 0.2) is 0 Å². The lowest BCUT2D eigenvalue weighted by atomic mass is 10.0. The SMILES string of the molecule is COC(C)CCO/C=C(\C)c1cccc(/C(C)=C/OCCC(C)OC)c1. The van der Waals surface area contributed by atoms with Crippen molar-refractivity contribution in [2.75, 3.05) is 27.4 Å². The van der Waals surface area contributed by atoms with Crippen LogP contribution in [0.4, 0.5) is 0 Å². The van der Waals surface area contributed by atoms with Crippen LogP contribution in [0.15, 0.2) is 36.8 Å². The van der Waals surface area contributed by atoms with Gasteiger partial charge < -0.3 is 18.9 Å². The minimum Gasteiger partial charge on any atom is -0.501 e. The van der Waals surface area contributed by atoms with Gasteiger partial charge in [-0.15, -0.1) is 0 Å². The minimum absolute atomic E-state index is 0.215. The van der Waals surface area contributed by atoms with Crippen molar-refractivity contribution in [2.24, 2.45) is 0 Å². The minimum atomic E-state index is 0.215. The lowest BCUT2D eigenvalue weighted by Gasteiger charge is -2.10. The molecule has 0 radical (unpaired) electrons. The zero-order valence-electron chi connectivity index (χ0n) is 17.1. The maximum atomic E-state index is 5.64. The fourth-order valence-corrected chi connectivity index (χ4v) is 2.22. The van der Waals surface area contributed by atoms with Gasteiger partial charge in [-0.3, -0.25) is 0 Å². The van der Waals surface area contributed by atoms with E-state index in [0.717, 1.165) is 35.1 Å². The standard InChI is InChI=1S/C22H34O4/c1-17(15-25-12-10-19(3)23-5)21-8-7-9-22(14-21)18(2)16-26-13-11-20(4)24-6/h7-9,14-16,19-20H,10-13H2,1-6H3/b17-15+,18-16+. The molecule has 2 atom stereocenters. The van der Waals surface area contributed by atoms with Gasteiger partial charge >= 0.3 is 0 Å². The molecule has 4 nitrogen and oxygen atoms in total. The summed E-state index contributed by atoms with van der Waals surface area (Å²) in [4.78, 5) is 0. The third kappa shape index (κ3) is 8.54. The summed E-state index contributed by atoms with van der Waals surface area (Å²) in [5, 5.41) is 0. The fraction of sp³-hybridized carbons (Fsp3) is 0.545. The van der Waals surface area contributed by atoms with Crippen LogP contribution < -0.4 is 0 Å². The van der Waals surface area contributed by atoms with E-state index in [-0.39, 0.29) is 12.2 Å². The second-order valence-electron chi connectivity index (χ2n) is 6.59. The summed E-state index contributed by atoms with van der Waals surface area (Å²) in [6, 6.07) is 8.38. The van der Waals surface area contributed by atoms with E-state index in [0.29, 0.717) is 13.2 Å². The summed E-state index contributed by atoms with van der Waals surface area (Å²) in [7, 11) is 3.43. The molecule has 0 heterocycles. The Hall–Kier alpha value is -1.78. The number of hydrogen-bond acceptors (Lipinski definition) is 4. The molecular weight excluding hydrogens is 328 g/mol. The van der Waals surface area contributed by atoms with E-state index in [1.165, 1.54) is 0 Å². The fourth-order valence-electron chi connectivity index (χ4n) is 2.22. The topological polar surface area (TPSA) is 36.9 Å². The third-order valence-electron chi connectivity index (χ3n) is 4.38. The number of hydrogen-bond donors (Lipinski definition) is 0. The van der Waals surface area contributed by atoms with E-state index >= 15 is 0 Å². The lowest BCUT2D eigenvalue weighted by Crippen LogP contribution is -2.07. The second-order valence-corrected chi connectivity index (χ2v) is 6.59. The van der Waals surface area contributed by atoms with Crippen molar-refractivity contribution in [1.29, 1.82) is 0 Å². The molecule has 0 spiro atoms. The monoisotopic (exact) mass is 362 g/mol. The number of allylic oxidation sites excluding steroid dienone is 2. The van der Waals surface area contributed by atoms with Crippen molar-refractivity contribution in [1.82, 2.24) is 0 Å². The molecule has 0 fully saturated rings. The highest BCUT2D eigenvalue weighted by atomic mass is 16.5. The van der Waals surface area contributed by atoms with Gasteiger partial charge in [0.05, 0.1) is 37.9 Å². The van der Waals surface area contributed by atoms with Crippen molar-refractivity contribution < 1.29 is 18.9 Å². The molecule has 2 unspecified atom stereocenters. The van der Waals surface area contributed by atoms with Gasteiger partial charge in [-0.25, -0.2) is 0 Å². The van der Waals surface area contributed by atoms with Gasteiger partial charge in [0.2, 0.25) is 0 Å². The van der Waals surface area contributed by atoms with Gasteiger partial charge in [0, 0.05) is 27.1 Å². The van der Waals surface area contributed by atoms with Crippen LogP contribution in [0.2, 0.25) is 0 Å². The molecule has 0 aliphatic heterocycles. The molecule has 0 saturated carbocycles. The smallest absolute Gasteiger partial charge is 0.0898 e. The Kier molecular flexibility index (Phi) is 10.7. The summed E-state index contributed by atoms with van der Waals surface area (Å²) in [5.74, 6) is 0. The van der Waals surface area contributed by atoms with Crippen molar-refractivity contribution in [2.45, 2.75) is 52.7 Å². The molecule has 0 amide bonds. The summed E-state index contributed by atoms with van der Waals surface area (Å²) in [6.07, 6.45) is 5.83. The maximum Gasteiger partial charge on any atom is 0.0898 e.